The molecule has 0 aliphatic heterocycles. The van der Waals surface area contributed by atoms with Crippen molar-refractivity contribution in [3.05, 3.63) is 108 Å². The normalized spacial score (nSPS) is 14.1. The van der Waals surface area contributed by atoms with Crippen molar-refractivity contribution in [2.24, 2.45) is 0 Å². The molecule has 0 heterocycles. The number of benzene rings is 3. The van der Waals surface area contributed by atoms with E-state index in [4.69, 9.17) is 4.74 Å². The van der Waals surface area contributed by atoms with Crippen molar-refractivity contribution in [2.45, 2.75) is 17.9 Å². The molecular weight excluding hydrogens is 390 g/mol. The summed E-state index contributed by atoms with van der Waals surface area (Å²) in [7, 11) is 0. The number of carbonyl (C=O) groups is 2. The zero-order valence-electron chi connectivity index (χ0n) is 17.0. The van der Waals surface area contributed by atoms with Gasteiger partial charge < -0.3 is 15.2 Å². The lowest BCUT2D eigenvalue weighted by molar-refractivity contribution is -0.142. The van der Waals surface area contributed by atoms with E-state index >= 15 is 0 Å². The first kappa shape index (κ1) is 20.4. The Morgan fingerprint density at radius 3 is 2.03 bits per heavy atom. The Balaban J connectivity index is 1.50. The van der Waals surface area contributed by atoms with Gasteiger partial charge in [-0.15, -0.1) is 6.58 Å². The molecule has 1 aliphatic rings. The minimum Gasteiger partial charge on any atom is -0.479 e. The van der Waals surface area contributed by atoms with Crippen LogP contribution in [0.3, 0.4) is 0 Å². The fourth-order valence-corrected chi connectivity index (χ4v) is 4.12. The molecule has 0 radical (unpaired) electrons. The van der Waals surface area contributed by atoms with E-state index in [-0.39, 0.29) is 18.9 Å². The molecule has 1 aliphatic carbocycles. The van der Waals surface area contributed by atoms with Crippen LogP contribution in [-0.2, 0) is 16.0 Å². The van der Waals surface area contributed by atoms with Crippen LogP contribution < -0.4 is 5.32 Å². The largest absolute Gasteiger partial charge is 0.479 e. The van der Waals surface area contributed by atoms with Gasteiger partial charge in [-0.2, -0.15) is 0 Å². The molecule has 0 bridgehead atoms. The van der Waals surface area contributed by atoms with Gasteiger partial charge in [-0.1, -0.05) is 84.9 Å². The molecule has 2 N–H and O–H groups in total. The topological polar surface area (TPSA) is 75.6 Å². The van der Waals surface area contributed by atoms with Crippen molar-refractivity contribution in [3.63, 3.8) is 0 Å². The molecule has 3 aromatic rings. The van der Waals surface area contributed by atoms with E-state index in [1.807, 2.05) is 54.6 Å². The van der Waals surface area contributed by atoms with Gasteiger partial charge in [0.1, 0.15) is 6.61 Å². The molecule has 0 aromatic heterocycles. The second-order valence-electron chi connectivity index (χ2n) is 7.59. The summed E-state index contributed by atoms with van der Waals surface area (Å²) in [5.74, 6) is -1.30. The first-order chi connectivity index (χ1) is 15.0. The van der Waals surface area contributed by atoms with Gasteiger partial charge in [-0.05, 0) is 27.8 Å². The molecule has 0 fully saturated rings. The minimum absolute atomic E-state index is 0.0663. The van der Waals surface area contributed by atoms with Crippen molar-refractivity contribution >= 4 is 12.1 Å². The predicted octanol–water partition coefficient (Wildman–Crippen LogP) is 4.78. The standard InChI is InChI=1S/C26H23NO4/c1-2-26(24(28)29,16-18-10-4-3-5-11-18)27-25(30)31-17-23-21-14-8-6-12-19(21)20-13-7-9-15-22(20)23/h2-15,23H,1,16-17H2,(H,27,30)(H,28,29). The summed E-state index contributed by atoms with van der Waals surface area (Å²) in [4.78, 5) is 24.7. The van der Waals surface area contributed by atoms with Crippen LogP contribution in [0.25, 0.3) is 11.1 Å². The lowest BCUT2D eigenvalue weighted by atomic mass is 9.91. The predicted molar refractivity (Wildman–Crippen MR) is 119 cm³/mol. The van der Waals surface area contributed by atoms with Crippen LogP contribution in [0.2, 0.25) is 0 Å². The van der Waals surface area contributed by atoms with E-state index in [1.165, 1.54) is 6.08 Å². The third kappa shape index (κ3) is 3.94. The van der Waals surface area contributed by atoms with Crippen LogP contribution in [0.5, 0.6) is 0 Å². The number of hydrogen-bond donors (Lipinski definition) is 2. The second kappa shape index (κ2) is 8.48. The van der Waals surface area contributed by atoms with Gasteiger partial charge in [0.05, 0.1) is 0 Å². The van der Waals surface area contributed by atoms with Crippen molar-refractivity contribution < 1.29 is 19.4 Å². The molecule has 1 atom stereocenters. The summed E-state index contributed by atoms with van der Waals surface area (Å²) >= 11 is 0. The zero-order chi connectivity index (χ0) is 21.8. The average Bonchev–Trinajstić information content (AvgIpc) is 3.11. The fourth-order valence-electron chi connectivity index (χ4n) is 4.12. The molecular formula is C26H23NO4. The second-order valence-corrected chi connectivity index (χ2v) is 7.59. The van der Waals surface area contributed by atoms with Gasteiger partial charge in [0.25, 0.3) is 0 Å². The van der Waals surface area contributed by atoms with Gasteiger partial charge in [-0.25, -0.2) is 9.59 Å². The van der Waals surface area contributed by atoms with E-state index in [2.05, 4.69) is 24.0 Å². The van der Waals surface area contributed by atoms with E-state index < -0.39 is 17.6 Å². The van der Waals surface area contributed by atoms with Gasteiger partial charge in [0.2, 0.25) is 0 Å². The summed E-state index contributed by atoms with van der Waals surface area (Å²) in [5, 5.41) is 12.4. The number of hydrogen-bond acceptors (Lipinski definition) is 3. The zero-order valence-corrected chi connectivity index (χ0v) is 17.0. The highest BCUT2D eigenvalue weighted by Gasteiger charge is 2.38. The molecule has 0 spiro atoms. The maximum absolute atomic E-state index is 12.6. The molecule has 0 saturated heterocycles. The first-order valence-electron chi connectivity index (χ1n) is 10.1. The number of aliphatic carboxylic acids is 1. The fraction of sp³-hybridized carbons (Fsp3) is 0.154. The number of ether oxygens (including phenoxy) is 1. The number of nitrogens with one attached hydrogen (secondary N) is 1. The molecule has 4 rings (SSSR count). The van der Waals surface area contributed by atoms with Crippen molar-refractivity contribution in [1.29, 1.82) is 0 Å². The Hall–Kier alpha value is -3.86. The van der Waals surface area contributed by atoms with Crippen LogP contribution in [0.15, 0.2) is 91.5 Å². The number of rotatable bonds is 7. The molecule has 5 heteroatoms. The van der Waals surface area contributed by atoms with E-state index in [0.29, 0.717) is 0 Å². The van der Waals surface area contributed by atoms with Gasteiger partial charge in [-0.3, -0.25) is 0 Å². The van der Waals surface area contributed by atoms with Crippen molar-refractivity contribution in [1.82, 2.24) is 5.32 Å². The van der Waals surface area contributed by atoms with Crippen LogP contribution in [0.1, 0.15) is 22.6 Å². The quantitative estimate of drug-likeness (QED) is 0.547. The van der Waals surface area contributed by atoms with Gasteiger partial charge in [0, 0.05) is 12.3 Å². The van der Waals surface area contributed by atoms with Crippen LogP contribution in [0.4, 0.5) is 4.79 Å². The molecule has 31 heavy (non-hydrogen) atoms. The molecule has 0 saturated carbocycles. The van der Waals surface area contributed by atoms with Crippen LogP contribution >= 0.6 is 0 Å². The van der Waals surface area contributed by atoms with Gasteiger partial charge in [0.15, 0.2) is 5.54 Å². The third-order valence-corrected chi connectivity index (χ3v) is 5.72. The lowest BCUT2D eigenvalue weighted by Crippen LogP contribution is -2.54. The first-order valence-corrected chi connectivity index (χ1v) is 10.1. The van der Waals surface area contributed by atoms with Crippen LogP contribution in [0, 0.1) is 0 Å². The van der Waals surface area contributed by atoms with Gasteiger partial charge >= 0.3 is 12.1 Å². The third-order valence-electron chi connectivity index (χ3n) is 5.72. The van der Waals surface area contributed by atoms with E-state index in [9.17, 15) is 14.7 Å². The lowest BCUT2D eigenvalue weighted by Gasteiger charge is -2.27. The number of amides is 1. The molecule has 5 nitrogen and oxygen atoms in total. The Labute approximate surface area is 181 Å². The van der Waals surface area contributed by atoms with Crippen LogP contribution in [-0.4, -0.2) is 29.3 Å². The Bertz CT molecular complexity index is 1080. The maximum atomic E-state index is 12.6. The monoisotopic (exact) mass is 413 g/mol. The maximum Gasteiger partial charge on any atom is 0.408 e. The highest BCUT2D eigenvalue weighted by atomic mass is 16.5. The number of carbonyl (C=O) groups excluding carboxylic acids is 1. The summed E-state index contributed by atoms with van der Waals surface area (Å²) in [6, 6.07) is 25.2. The highest BCUT2D eigenvalue weighted by molar-refractivity contribution is 5.87. The summed E-state index contributed by atoms with van der Waals surface area (Å²) in [6.07, 6.45) is 0.515. The number of carboxylic acids is 1. The Morgan fingerprint density at radius 2 is 1.48 bits per heavy atom. The van der Waals surface area contributed by atoms with E-state index in [1.54, 1.807) is 12.1 Å². The van der Waals surface area contributed by atoms with Crippen molar-refractivity contribution in [2.75, 3.05) is 6.61 Å². The highest BCUT2D eigenvalue weighted by Crippen LogP contribution is 2.44. The number of alkyl carbamates (subject to hydrolysis) is 1. The number of carboxylic acid groups (broad SMARTS) is 1. The Morgan fingerprint density at radius 1 is 0.935 bits per heavy atom. The molecule has 1 amide bonds. The summed E-state index contributed by atoms with van der Waals surface area (Å²) in [5.41, 5.74) is 3.54. The van der Waals surface area contributed by atoms with Crippen molar-refractivity contribution in [3.8, 4) is 11.1 Å². The molecule has 156 valence electrons. The summed E-state index contributed by atoms with van der Waals surface area (Å²) in [6.45, 7) is 3.76. The minimum atomic E-state index is -1.66. The Kier molecular flexibility index (Phi) is 5.58. The van der Waals surface area contributed by atoms with E-state index in [0.717, 1.165) is 27.8 Å². The SMILES string of the molecule is C=CC(Cc1ccccc1)(NC(=O)OCC1c2ccccc2-c2ccccc21)C(=O)O. The summed E-state index contributed by atoms with van der Waals surface area (Å²) < 4.78 is 5.52. The molecule has 1 unspecified atom stereocenters. The smallest absolute Gasteiger partial charge is 0.408 e. The number of fused-ring (bicyclic) bond motifs is 3. The molecule has 3 aromatic carbocycles. The average molecular weight is 413 g/mol.